The third kappa shape index (κ3) is 5.37. The molecule has 2 aromatic rings. The van der Waals surface area contributed by atoms with E-state index in [1.807, 2.05) is 4.90 Å². The van der Waals surface area contributed by atoms with Crippen molar-refractivity contribution in [3.05, 3.63) is 29.8 Å². The highest BCUT2D eigenvalue weighted by molar-refractivity contribution is 7.18. The minimum atomic E-state index is 0.130. The predicted molar refractivity (Wildman–Crippen MR) is 111 cm³/mol. The Morgan fingerprint density at radius 2 is 1.81 bits per heavy atom. The number of carbonyl (C=O) groups is 1. The zero-order chi connectivity index (χ0) is 19.3. The molecule has 0 spiro atoms. The SMILES string of the molecule is CCCCC(=O)N(CC(C)C)c1nnc(-c2ccc(C(C)(C)C)cc2)s1. The van der Waals surface area contributed by atoms with Gasteiger partial charge in [0.05, 0.1) is 0 Å². The van der Waals surface area contributed by atoms with Gasteiger partial charge in [0.25, 0.3) is 0 Å². The van der Waals surface area contributed by atoms with Crippen LogP contribution >= 0.6 is 11.3 Å². The summed E-state index contributed by atoms with van der Waals surface area (Å²) in [5, 5.41) is 10.2. The molecule has 4 nitrogen and oxygen atoms in total. The van der Waals surface area contributed by atoms with Crippen molar-refractivity contribution in [3.8, 4) is 10.6 Å². The van der Waals surface area contributed by atoms with E-state index in [0.717, 1.165) is 23.4 Å². The summed E-state index contributed by atoms with van der Waals surface area (Å²) in [6.45, 7) is 13.6. The molecule has 1 heterocycles. The molecule has 1 aromatic carbocycles. The van der Waals surface area contributed by atoms with Crippen molar-refractivity contribution in [2.45, 2.75) is 66.2 Å². The number of amides is 1. The maximum Gasteiger partial charge on any atom is 0.228 e. The van der Waals surface area contributed by atoms with Crippen molar-refractivity contribution in [1.82, 2.24) is 10.2 Å². The lowest BCUT2D eigenvalue weighted by molar-refractivity contribution is -0.118. The highest BCUT2D eigenvalue weighted by Crippen LogP contribution is 2.31. The van der Waals surface area contributed by atoms with Gasteiger partial charge >= 0.3 is 0 Å². The summed E-state index contributed by atoms with van der Waals surface area (Å²) in [6, 6.07) is 8.48. The lowest BCUT2D eigenvalue weighted by Crippen LogP contribution is -2.34. The van der Waals surface area contributed by atoms with E-state index in [1.54, 1.807) is 0 Å². The van der Waals surface area contributed by atoms with Gasteiger partial charge in [-0.2, -0.15) is 0 Å². The van der Waals surface area contributed by atoms with Crippen molar-refractivity contribution in [1.29, 1.82) is 0 Å². The van der Waals surface area contributed by atoms with Crippen LogP contribution in [0.4, 0.5) is 5.13 Å². The van der Waals surface area contributed by atoms with Crippen molar-refractivity contribution >= 4 is 22.4 Å². The first kappa shape index (κ1) is 20.6. The summed E-state index contributed by atoms with van der Waals surface area (Å²) in [5.41, 5.74) is 2.47. The van der Waals surface area contributed by atoms with Gasteiger partial charge in [-0.15, -0.1) is 10.2 Å². The van der Waals surface area contributed by atoms with E-state index in [-0.39, 0.29) is 11.3 Å². The van der Waals surface area contributed by atoms with E-state index in [1.165, 1.54) is 16.9 Å². The van der Waals surface area contributed by atoms with Crippen LogP contribution in [0.2, 0.25) is 0 Å². The van der Waals surface area contributed by atoms with Crippen molar-refractivity contribution in [2.75, 3.05) is 11.4 Å². The first-order valence-corrected chi connectivity index (χ1v) is 10.3. The van der Waals surface area contributed by atoms with Gasteiger partial charge in [-0.25, -0.2) is 0 Å². The van der Waals surface area contributed by atoms with E-state index in [0.29, 0.717) is 24.0 Å². The molecule has 0 unspecified atom stereocenters. The van der Waals surface area contributed by atoms with Gasteiger partial charge in [0.2, 0.25) is 11.0 Å². The third-order valence-electron chi connectivity index (χ3n) is 4.24. The molecule has 0 N–H and O–H groups in total. The van der Waals surface area contributed by atoms with Crippen LogP contribution in [0.5, 0.6) is 0 Å². The topological polar surface area (TPSA) is 46.1 Å². The van der Waals surface area contributed by atoms with E-state index in [4.69, 9.17) is 0 Å². The number of nitrogens with zero attached hydrogens (tertiary/aromatic N) is 3. The molecule has 0 aliphatic heterocycles. The van der Waals surface area contributed by atoms with Gasteiger partial charge < -0.3 is 0 Å². The molecule has 5 heteroatoms. The number of rotatable bonds is 7. The Labute approximate surface area is 161 Å². The molecule has 2 rings (SSSR count). The number of aromatic nitrogens is 2. The van der Waals surface area contributed by atoms with Crippen LogP contribution < -0.4 is 4.90 Å². The number of anilines is 1. The number of unbranched alkanes of at least 4 members (excludes halogenated alkanes) is 1. The van der Waals surface area contributed by atoms with Gasteiger partial charge in [-0.1, -0.05) is 83.6 Å². The summed E-state index contributed by atoms with van der Waals surface area (Å²) in [6.07, 6.45) is 2.49. The molecule has 142 valence electrons. The van der Waals surface area contributed by atoms with Crippen LogP contribution in [-0.4, -0.2) is 22.6 Å². The molecule has 0 bridgehead atoms. The molecule has 0 aliphatic rings. The zero-order valence-electron chi connectivity index (χ0n) is 16.9. The van der Waals surface area contributed by atoms with Gasteiger partial charge in [0, 0.05) is 18.5 Å². The molecule has 0 radical (unpaired) electrons. The fourth-order valence-electron chi connectivity index (χ4n) is 2.67. The van der Waals surface area contributed by atoms with Crippen LogP contribution in [0.3, 0.4) is 0 Å². The number of benzene rings is 1. The fourth-order valence-corrected chi connectivity index (χ4v) is 3.55. The van der Waals surface area contributed by atoms with Crippen molar-refractivity contribution in [2.24, 2.45) is 5.92 Å². The summed E-state index contributed by atoms with van der Waals surface area (Å²) in [4.78, 5) is 14.4. The van der Waals surface area contributed by atoms with Gasteiger partial charge in [0.15, 0.2) is 0 Å². The third-order valence-corrected chi connectivity index (χ3v) is 5.23. The van der Waals surface area contributed by atoms with Crippen LogP contribution in [0, 0.1) is 5.92 Å². The standard InChI is InChI=1S/C21H31N3OS/c1-7-8-9-18(25)24(14-15(2)3)20-23-22-19(26-20)16-10-12-17(13-11-16)21(4,5)6/h10-13,15H,7-9,14H2,1-6H3. The molecule has 0 aliphatic carbocycles. The maximum absolute atomic E-state index is 12.6. The first-order valence-electron chi connectivity index (χ1n) is 9.47. The average Bonchev–Trinajstić information content (AvgIpc) is 3.06. The van der Waals surface area contributed by atoms with Crippen LogP contribution in [0.15, 0.2) is 24.3 Å². The molecule has 0 saturated carbocycles. The number of carbonyl (C=O) groups excluding carboxylic acids is 1. The molecule has 1 amide bonds. The van der Waals surface area contributed by atoms with E-state index in [2.05, 4.69) is 76.0 Å². The second kappa shape index (κ2) is 8.76. The maximum atomic E-state index is 12.6. The second-order valence-electron chi connectivity index (χ2n) is 8.22. The van der Waals surface area contributed by atoms with Gasteiger partial charge in [-0.3, -0.25) is 9.69 Å². The minimum absolute atomic E-state index is 0.130. The van der Waals surface area contributed by atoms with E-state index >= 15 is 0 Å². The fraction of sp³-hybridized carbons (Fsp3) is 0.571. The second-order valence-corrected chi connectivity index (χ2v) is 9.17. The quantitative estimate of drug-likeness (QED) is 0.627. The Morgan fingerprint density at radius 1 is 1.15 bits per heavy atom. The molecule has 0 fully saturated rings. The van der Waals surface area contributed by atoms with Gasteiger partial charge in [0.1, 0.15) is 5.01 Å². The molecular formula is C21H31N3OS. The summed E-state index contributed by atoms with van der Waals surface area (Å²) >= 11 is 1.49. The Morgan fingerprint density at radius 3 is 2.35 bits per heavy atom. The minimum Gasteiger partial charge on any atom is -0.286 e. The smallest absolute Gasteiger partial charge is 0.228 e. The van der Waals surface area contributed by atoms with Crippen LogP contribution in [-0.2, 0) is 10.2 Å². The lowest BCUT2D eigenvalue weighted by atomic mass is 9.87. The Kier molecular flexibility index (Phi) is 6.93. The van der Waals surface area contributed by atoms with Gasteiger partial charge in [-0.05, 0) is 23.3 Å². The zero-order valence-corrected chi connectivity index (χ0v) is 17.7. The largest absolute Gasteiger partial charge is 0.286 e. The monoisotopic (exact) mass is 373 g/mol. The molecular weight excluding hydrogens is 342 g/mol. The summed E-state index contributed by atoms with van der Waals surface area (Å²) in [5.74, 6) is 0.533. The summed E-state index contributed by atoms with van der Waals surface area (Å²) < 4.78 is 0. The predicted octanol–water partition coefficient (Wildman–Crippen LogP) is 5.68. The first-order chi connectivity index (χ1) is 12.2. The van der Waals surface area contributed by atoms with E-state index < -0.39 is 0 Å². The van der Waals surface area contributed by atoms with Crippen molar-refractivity contribution in [3.63, 3.8) is 0 Å². The number of hydrogen-bond acceptors (Lipinski definition) is 4. The summed E-state index contributed by atoms with van der Waals surface area (Å²) in [7, 11) is 0. The Balaban J connectivity index is 2.23. The molecule has 26 heavy (non-hydrogen) atoms. The number of hydrogen-bond donors (Lipinski definition) is 0. The average molecular weight is 374 g/mol. The molecule has 1 aromatic heterocycles. The van der Waals surface area contributed by atoms with Crippen LogP contribution in [0.25, 0.3) is 10.6 Å². The normalized spacial score (nSPS) is 11.8. The van der Waals surface area contributed by atoms with Crippen molar-refractivity contribution < 1.29 is 4.79 Å². The lowest BCUT2D eigenvalue weighted by Gasteiger charge is -2.21. The Bertz CT molecular complexity index is 714. The molecule has 0 atom stereocenters. The highest BCUT2D eigenvalue weighted by Gasteiger charge is 2.21. The highest BCUT2D eigenvalue weighted by atomic mass is 32.1. The molecule has 0 saturated heterocycles. The Hall–Kier alpha value is -1.75. The van der Waals surface area contributed by atoms with E-state index in [9.17, 15) is 4.79 Å². The van der Waals surface area contributed by atoms with Crippen LogP contribution in [0.1, 0.15) is 66.4 Å².